The monoisotopic (exact) mass is 353 g/mol. The molecule has 2 rings (SSSR count). The molecule has 1 aliphatic heterocycles. The van der Waals surface area contributed by atoms with Crippen LogP contribution in [0.4, 0.5) is 4.79 Å². The van der Waals surface area contributed by atoms with Gasteiger partial charge in [0.05, 0.1) is 11.8 Å². The lowest BCUT2D eigenvalue weighted by Crippen LogP contribution is -2.43. The van der Waals surface area contributed by atoms with E-state index >= 15 is 0 Å². The van der Waals surface area contributed by atoms with E-state index in [2.05, 4.69) is 26.1 Å². The van der Waals surface area contributed by atoms with Crippen LogP contribution in [-0.2, 0) is 0 Å². The van der Waals surface area contributed by atoms with Crippen LogP contribution >= 0.6 is 11.8 Å². The number of urea groups is 1. The minimum absolute atomic E-state index is 0.0346. The normalized spacial score (nSPS) is 16.0. The molecule has 0 bridgehead atoms. The third kappa shape index (κ3) is 5.78. The lowest BCUT2D eigenvalue weighted by Gasteiger charge is -2.23. The average molecular weight is 353 g/mol. The SMILES string of the molecule is CC(C)(C)SCCNC(=O)N1CCCN(C(=O)c2ccoc2)CC1. The number of carbonyl (C=O) groups excluding carboxylic acids is 2. The summed E-state index contributed by atoms with van der Waals surface area (Å²) in [6, 6.07) is 1.63. The first kappa shape index (κ1) is 18.7. The number of rotatable bonds is 4. The molecule has 24 heavy (non-hydrogen) atoms. The Labute approximate surface area is 147 Å². The number of nitrogens with zero attached hydrogens (tertiary/aromatic N) is 2. The second kappa shape index (κ2) is 8.46. The maximum Gasteiger partial charge on any atom is 0.317 e. The zero-order chi connectivity index (χ0) is 17.6. The van der Waals surface area contributed by atoms with Crippen molar-refractivity contribution in [2.45, 2.75) is 31.9 Å². The Kier molecular flexibility index (Phi) is 6.60. The van der Waals surface area contributed by atoms with E-state index in [0.29, 0.717) is 38.3 Å². The molecule has 0 atom stereocenters. The smallest absolute Gasteiger partial charge is 0.317 e. The highest BCUT2D eigenvalue weighted by Gasteiger charge is 2.23. The summed E-state index contributed by atoms with van der Waals surface area (Å²) in [7, 11) is 0. The average Bonchev–Trinajstić information content (AvgIpc) is 2.94. The Morgan fingerprint density at radius 1 is 1.21 bits per heavy atom. The Bertz CT molecular complexity index is 540. The Morgan fingerprint density at radius 2 is 1.92 bits per heavy atom. The Hall–Kier alpha value is -1.63. The van der Waals surface area contributed by atoms with Gasteiger partial charge in [0.1, 0.15) is 6.26 Å². The highest BCUT2D eigenvalue weighted by molar-refractivity contribution is 8.00. The van der Waals surface area contributed by atoms with E-state index in [-0.39, 0.29) is 16.7 Å². The molecule has 2 heterocycles. The molecule has 0 aliphatic carbocycles. The fraction of sp³-hybridized carbons (Fsp3) is 0.647. The van der Waals surface area contributed by atoms with E-state index in [0.717, 1.165) is 12.2 Å². The molecular weight excluding hydrogens is 326 g/mol. The third-order valence-electron chi connectivity index (χ3n) is 3.75. The van der Waals surface area contributed by atoms with Gasteiger partial charge in [0.2, 0.25) is 0 Å². The van der Waals surface area contributed by atoms with Gasteiger partial charge in [0, 0.05) is 43.2 Å². The van der Waals surface area contributed by atoms with Gasteiger partial charge in [-0.3, -0.25) is 4.79 Å². The van der Waals surface area contributed by atoms with Gasteiger partial charge < -0.3 is 19.5 Å². The number of carbonyl (C=O) groups is 2. The maximum atomic E-state index is 12.3. The van der Waals surface area contributed by atoms with Crippen molar-refractivity contribution in [2.75, 3.05) is 38.5 Å². The van der Waals surface area contributed by atoms with E-state index in [1.54, 1.807) is 15.9 Å². The molecule has 134 valence electrons. The van der Waals surface area contributed by atoms with E-state index in [9.17, 15) is 9.59 Å². The molecule has 1 aliphatic rings. The summed E-state index contributed by atoms with van der Waals surface area (Å²) < 4.78 is 5.18. The molecule has 1 fully saturated rings. The summed E-state index contributed by atoms with van der Waals surface area (Å²) >= 11 is 1.83. The summed E-state index contributed by atoms with van der Waals surface area (Å²) in [5.41, 5.74) is 0.562. The van der Waals surface area contributed by atoms with Crippen molar-refractivity contribution in [1.29, 1.82) is 0 Å². The van der Waals surface area contributed by atoms with Gasteiger partial charge in [-0.05, 0) is 12.5 Å². The fourth-order valence-electron chi connectivity index (χ4n) is 2.52. The van der Waals surface area contributed by atoms with Crippen LogP contribution in [-0.4, -0.2) is 65.0 Å². The first-order valence-corrected chi connectivity index (χ1v) is 9.33. The van der Waals surface area contributed by atoms with E-state index in [4.69, 9.17) is 4.42 Å². The lowest BCUT2D eigenvalue weighted by atomic mass is 10.3. The van der Waals surface area contributed by atoms with E-state index in [1.165, 1.54) is 12.5 Å². The molecule has 1 aromatic heterocycles. The number of hydrogen-bond acceptors (Lipinski definition) is 4. The number of furan rings is 1. The fourth-order valence-corrected chi connectivity index (χ4v) is 3.34. The molecule has 7 heteroatoms. The number of thioether (sulfide) groups is 1. The number of nitrogens with one attached hydrogen (secondary N) is 1. The maximum absolute atomic E-state index is 12.3. The molecule has 1 aromatic rings. The minimum Gasteiger partial charge on any atom is -0.472 e. The van der Waals surface area contributed by atoms with Crippen molar-refractivity contribution in [1.82, 2.24) is 15.1 Å². The summed E-state index contributed by atoms with van der Waals surface area (Å²) in [5.74, 6) is 0.862. The Morgan fingerprint density at radius 3 is 2.58 bits per heavy atom. The van der Waals surface area contributed by atoms with Crippen LogP contribution in [0.1, 0.15) is 37.6 Å². The quantitative estimate of drug-likeness (QED) is 0.845. The van der Waals surface area contributed by atoms with Crippen LogP contribution in [0, 0.1) is 0 Å². The number of amides is 3. The van der Waals surface area contributed by atoms with Crippen LogP contribution in [0.5, 0.6) is 0 Å². The molecule has 0 aromatic carbocycles. The zero-order valence-corrected chi connectivity index (χ0v) is 15.5. The first-order chi connectivity index (χ1) is 11.4. The molecule has 0 spiro atoms. The van der Waals surface area contributed by atoms with Crippen molar-refractivity contribution >= 4 is 23.7 Å². The molecule has 0 saturated carbocycles. The standard InChI is InChI=1S/C17H27N3O3S/c1-17(2,3)24-12-6-18-16(22)20-8-4-7-19(9-10-20)15(21)14-5-11-23-13-14/h5,11,13H,4,6-10,12H2,1-3H3,(H,18,22). The Balaban J connectivity index is 1.76. The summed E-state index contributed by atoms with van der Waals surface area (Å²) in [5, 5.41) is 2.97. The van der Waals surface area contributed by atoms with Crippen molar-refractivity contribution in [3.8, 4) is 0 Å². The van der Waals surface area contributed by atoms with Crippen LogP contribution in [0.2, 0.25) is 0 Å². The predicted molar refractivity (Wildman–Crippen MR) is 96.4 cm³/mol. The zero-order valence-electron chi connectivity index (χ0n) is 14.7. The van der Waals surface area contributed by atoms with Gasteiger partial charge in [-0.1, -0.05) is 20.8 Å². The number of hydrogen-bond donors (Lipinski definition) is 1. The molecule has 0 unspecified atom stereocenters. The summed E-state index contributed by atoms with van der Waals surface area (Å²) in [6.07, 6.45) is 3.75. The second-order valence-electron chi connectivity index (χ2n) is 6.84. The van der Waals surface area contributed by atoms with Crippen molar-refractivity contribution in [2.24, 2.45) is 0 Å². The van der Waals surface area contributed by atoms with Crippen LogP contribution < -0.4 is 5.32 Å². The summed E-state index contributed by atoms with van der Waals surface area (Å²) in [4.78, 5) is 28.2. The van der Waals surface area contributed by atoms with Gasteiger partial charge in [-0.2, -0.15) is 11.8 Å². The molecule has 6 nitrogen and oxygen atoms in total. The van der Waals surface area contributed by atoms with Crippen LogP contribution in [0.3, 0.4) is 0 Å². The molecule has 1 saturated heterocycles. The molecule has 3 amide bonds. The van der Waals surface area contributed by atoms with Crippen molar-refractivity contribution in [3.05, 3.63) is 24.2 Å². The lowest BCUT2D eigenvalue weighted by molar-refractivity contribution is 0.0761. The van der Waals surface area contributed by atoms with Crippen molar-refractivity contribution in [3.63, 3.8) is 0 Å². The van der Waals surface area contributed by atoms with Gasteiger partial charge in [0.25, 0.3) is 5.91 Å². The first-order valence-electron chi connectivity index (χ1n) is 8.35. The van der Waals surface area contributed by atoms with Crippen LogP contribution in [0.25, 0.3) is 0 Å². The third-order valence-corrected chi connectivity index (χ3v) is 5.03. The minimum atomic E-state index is -0.0397. The largest absolute Gasteiger partial charge is 0.472 e. The molecular formula is C17H27N3O3S. The predicted octanol–water partition coefficient (Wildman–Crippen LogP) is 2.67. The highest BCUT2D eigenvalue weighted by Crippen LogP contribution is 2.22. The van der Waals surface area contributed by atoms with Gasteiger partial charge in [-0.25, -0.2) is 4.79 Å². The highest BCUT2D eigenvalue weighted by atomic mass is 32.2. The second-order valence-corrected chi connectivity index (χ2v) is 8.76. The van der Waals surface area contributed by atoms with Gasteiger partial charge in [-0.15, -0.1) is 0 Å². The van der Waals surface area contributed by atoms with Crippen LogP contribution in [0.15, 0.2) is 23.0 Å². The molecule has 0 radical (unpaired) electrons. The topological polar surface area (TPSA) is 65.8 Å². The van der Waals surface area contributed by atoms with E-state index in [1.807, 2.05) is 11.8 Å². The summed E-state index contributed by atoms with van der Waals surface area (Å²) in [6.45, 7) is 9.60. The molecule has 1 N–H and O–H groups in total. The van der Waals surface area contributed by atoms with Crippen molar-refractivity contribution < 1.29 is 14.0 Å². The van der Waals surface area contributed by atoms with Gasteiger partial charge >= 0.3 is 6.03 Å². The van der Waals surface area contributed by atoms with E-state index < -0.39 is 0 Å². The van der Waals surface area contributed by atoms with Gasteiger partial charge in [0.15, 0.2) is 0 Å².